The minimum Gasteiger partial charge on any atom is -0.506 e. The number of nitrogens with zero attached hydrogens (tertiary/aromatic N) is 3. The lowest BCUT2D eigenvalue weighted by atomic mass is 9.77. The first kappa shape index (κ1) is 28.1. The largest absolute Gasteiger partial charge is 0.506 e. The summed E-state index contributed by atoms with van der Waals surface area (Å²) in [5.74, 6) is 0.431. The molecule has 2 aromatic carbocycles. The molecule has 6 rings (SSSR count). The Morgan fingerprint density at radius 2 is 1.74 bits per heavy atom. The molecule has 218 valence electrons. The summed E-state index contributed by atoms with van der Waals surface area (Å²) in [4.78, 5) is 27.1. The molecule has 0 spiro atoms. The molecule has 4 aliphatic rings. The monoisotopic (exact) mass is 566 g/mol. The molecule has 2 aliphatic carbocycles. The van der Waals surface area contributed by atoms with Crippen LogP contribution in [0.2, 0.25) is 0 Å². The molecular weight excluding hydrogens is 526 g/mol. The molecule has 0 atom stereocenters. The highest BCUT2D eigenvalue weighted by molar-refractivity contribution is 6.24. The van der Waals surface area contributed by atoms with Crippen molar-refractivity contribution in [1.82, 2.24) is 0 Å². The lowest BCUT2D eigenvalue weighted by Gasteiger charge is -2.33. The van der Waals surface area contributed by atoms with Crippen molar-refractivity contribution in [3.05, 3.63) is 98.0 Å². The number of aliphatic hydroxyl groups excluding tert-OH is 1. The highest BCUT2D eigenvalue weighted by Gasteiger charge is 2.47. The van der Waals surface area contributed by atoms with E-state index in [0.717, 1.165) is 29.2 Å². The van der Waals surface area contributed by atoms with Crippen LogP contribution in [0.1, 0.15) is 76.5 Å². The van der Waals surface area contributed by atoms with Crippen molar-refractivity contribution >= 4 is 28.6 Å². The zero-order chi connectivity index (χ0) is 30.1. The Morgan fingerprint density at radius 1 is 1.02 bits per heavy atom. The summed E-state index contributed by atoms with van der Waals surface area (Å²) in [7, 11) is 1.89. The van der Waals surface area contributed by atoms with Gasteiger partial charge < -0.3 is 10.0 Å². The van der Waals surface area contributed by atoms with Gasteiger partial charge in [0, 0.05) is 53.2 Å². The predicted octanol–water partition coefficient (Wildman–Crippen LogP) is 7.49. The minimum atomic E-state index is -0.582. The lowest BCUT2D eigenvalue weighted by Crippen LogP contribution is -2.33. The number of Topliss-reactive ketones (excluding diaryl/α,β-unsaturated/α-hetero) is 1. The predicted molar refractivity (Wildman–Crippen MR) is 166 cm³/mol. The van der Waals surface area contributed by atoms with Gasteiger partial charge in [-0.05, 0) is 57.2 Å². The number of non-ortho nitro benzene ring substituents is 1. The summed E-state index contributed by atoms with van der Waals surface area (Å²) in [6, 6.07) is 11.5. The van der Waals surface area contributed by atoms with Crippen molar-refractivity contribution in [3.8, 4) is 0 Å². The Bertz CT molecular complexity index is 1660. The number of rotatable bonds is 5. The van der Waals surface area contributed by atoms with E-state index in [2.05, 4.69) is 43.9 Å². The molecule has 2 aliphatic heterocycles. The molecule has 7 heteroatoms. The molecule has 0 amide bonds. The summed E-state index contributed by atoms with van der Waals surface area (Å²) >= 11 is 0. The number of anilines is 1. The summed E-state index contributed by atoms with van der Waals surface area (Å²) in [6.45, 7) is 11.4. The second-order valence-corrected chi connectivity index (χ2v) is 13.5. The van der Waals surface area contributed by atoms with E-state index < -0.39 is 10.3 Å². The third kappa shape index (κ3) is 4.24. The van der Waals surface area contributed by atoms with Crippen LogP contribution in [-0.4, -0.2) is 39.7 Å². The first-order valence-electron chi connectivity index (χ1n) is 15.0. The number of carbonyl (C=O) groups excluding carboxylic acids is 1. The van der Waals surface area contributed by atoms with Crippen LogP contribution in [0.3, 0.4) is 0 Å². The van der Waals surface area contributed by atoms with Gasteiger partial charge >= 0.3 is 0 Å². The normalized spacial score (nSPS) is 23.1. The minimum absolute atomic E-state index is 0.00619. The third-order valence-electron chi connectivity index (χ3n) is 10.0. The van der Waals surface area contributed by atoms with Gasteiger partial charge in [-0.25, -0.2) is 0 Å². The fraction of sp³-hybridized carbons (Fsp3) is 0.429. The van der Waals surface area contributed by atoms with E-state index in [0.29, 0.717) is 11.5 Å². The van der Waals surface area contributed by atoms with Crippen LogP contribution in [0.25, 0.3) is 0 Å². The Morgan fingerprint density at radius 3 is 2.40 bits per heavy atom. The van der Waals surface area contributed by atoms with Crippen LogP contribution in [-0.2, 0) is 15.6 Å². The van der Waals surface area contributed by atoms with E-state index in [1.165, 1.54) is 55.0 Å². The highest BCUT2D eigenvalue weighted by atomic mass is 16.6. The number of aryl methyl sites for hydroxylation is 1. The second-order valence-electron chi connectivity index (χ2n) is 13.5. The molecule has 1 saturated carbocycles. The average molecular weight is 567 g/mol. The molecule has 42 heavy (non-hydrogen) atoms. The fourth-order valence-electron chi connectivity index (χ4n) is 7.45. The lowest BCUT2D eigenvalue weighted by molar-refractivity contribution is -0.402. The maximum absolute atomic E-state index is 13.6. The van der Waals surface area contributed by atoms with Gasteiger partial charge in [-0.15, -0.1) is 0 Å². The van der Waals surface area contributed by atoms with E-state index in [-0.39, 0.29) is 28.2 Å². The molecule has 2 heterocycles. The van der Waals surface area contributed by atoms with Gasteiger partial charge in [-0.1, -0.05) is 50.8 Å². The number of fused-ring (bicyclic) bond motifs is 2. The zero-order valence-corrected chi connectivity index (χ0v) is 25.5. The summed E-state index contributed by atoms with van der Waals surface area (Å²) < 4.78 is 1.95. The van der Waals surface area contributed by atoms with Crippen LogP contribution < -0.4 is 4.90 Å². The smallest absolute Gasteiger partial charge is 0.270 e. The van der Waals surface area contributed by atoms with Crippen LogP contribution in [0, 0.1) is 23.0 Å². The number of ketones is 1. The summed E-state index contributed by atoms with van der Waals surface area (Å²) in [5, 5.41) is 22.7. The Balaban J connectivity index is 1.38. The zero-order valence-electron chi connectivity index (χ0n) is 25.5. The molecule has 0 unspecified atom stereocenters. The Hall–Kier alpha value is -4.00. The average Bonchev–Trinajstić information content (AvgIpc) is 3.27. The van der Waals surface area contributed by atoms with E-state index in [1.807, 2.05) is 31.5 Å². The van der Waals surface area contributed by atoms with Crippen LogP contribution >= 0.6 is 0 Å². The van der Waals surface area contributed by atoms with Crippen molar-refractivity contribution in [2.24, 2.45) is 5.92 Å². The number of hydrogen-bond acceptors (Lipinski definition) is 5. The number of hydrogen-bond donors (Lipinski definition) is 1. The topological polar surface area (TPSA) is 86.7 Å². The van der Waals surface area contributed by atoms with Crippen molar-refractivity contribution in [2.75, 3.05) is 18.5 Å². The number of allylic oxidation sites excluding steroid dienone is 5. The quantitative estimate of drug-likeness (QED) is 0.175. The second kappa shape index (κ2) is 9.79. The maximum atomic E-state index is 13.6. The van der Waals surface area contributed by atoms with Gasteiger partial charge in [-0.3, -0.25) is 14.9 Å². The molecular formula is C35H40N3O4+. The number of carbonyl (C=O) groups is 1. The van der Waals surface area contributed by atoms with Crippen LogP contribution in [0.15, 0.2) is 71.2 Å². The van der Waals surface area contributed by atoms with E-state index >= 15 is 0 Å². The maximum Gasteiger partial charge on any atom is 0.270 e. The van der Waals surface area contributed by atoms with Gasteiger partial charge in [0.25, 0.3) is 5.69 Å². The number of nitro groups is 1. The number of nitro benzene ring substituents is 1. The van der Waals surface area contributed by atoms with Gasteiger partial charge in [0.1, 0.15) is 12.8 Å². The molecule has 1 N–H and O–H groups in total. The van der Waals surface area contributed by atoms with Crippen molar-refractivity contribution in [2.45, 2.75) is 77.6 Å². The van der Waals surface area contributed by atoms with Gasteiger partial charge in [-0.2, -0.15) is 4.58 Å². The molecule has 2 aromatic rings. The SMILES string of the molecule is Cc1ccc2c(c1)C(C)(C)/C(=C/C1=C(O)C(=C\C3=[N+](C)c4ccc([N+](=O)[O-])cc4C3(C)C)/C1=O)N2CC1CCCCC1. The summed E-state index contributed by atoms with van der Waals surface area (Å²) in [5.41, 5.74) is 6.95. The molecule has 1 fully saturated rings. The van der Waals surface area contributed by atoms with Crippen molar-refractivity contribution in [1.29, 1.82) is 0 Å². The van der Waals surface area contributed by atoms with Gasteiger partial charge in [0.2, 0.25) is 11.5 Å². The van der Waals surface area contributed by atoms with Crippen molar-refractivity contribution in [3.63, 3.8) is 0 Å². The standard InChI is InChI=1S/C35H39N3O4/c1-21-12-14-29-26(16-21)35(4,5)31(37(29)20-22-10-8-7-9-11-22)19-25-32(39)24(33(25)40)18-30-34(2,3)27-17-23(38(41)42)13-15-28(27)36(30)6/h12-19,22H,7-11,20H2,1-6H3/p+1. The molecule has 0 saturated heterocycles. The Labute approximate surface area is 247 Å². The third-order valence-corrected chi connectivity index (χ3v) is 10.0. The molecule has 0 bridgehead atoms. The highest BCUT2D eigenvalue weighted by Crippen LogP contribution is 2.50. The van der Waals surface area contributed by atoms with Crippen LogP contribution in [0.5, 0.6) is 0 Å². The number of aliphatic hydroxyl groups is 1. The van der Waals surface area contributed by atoms with Crippen molar-refractivity contribution < 1.29 is 19.4 Å². The molecule has 0 radical (unpaired) electrons. The first-order valence-corrected chi connectivity index (χ1v) is 15.0. The van der Waals surface area contributed by atoms with Crippen LogP contribution in [0.4, 0.5) is 17.1 Å². The van der Waals surface area contributed by atoms with Gasteiger partial charge in [0.05, 0.1) is 21.5 Å². The Kier molecular flexibility index (Phi) is 6.56. The van der Waals surface area contributed by atoms with E-state index in [1.54, 1.807) is 18.2 Å². The first-order chi connectivity index (χ1) is 19.8. The fourth-order valence-corrected chi connectivity index (χ4v) is 7.45. The molecule has 7 nitrogen and oxygen atoms in total. The molecule has 0 aromatic heterocycles. The summed E-state index contributed by atoms with van der Waals surface area (Å²) in [6.07, 6.45) is 9.94. The van der Waals surface area contributed by atoms with E-state index in [9.17, 15) is 20.0 Å². The number of benzene rings is 2. The van der Waals surface area contributed by atoms with E-state index in [4.69, 9.17) is 0 Å². The van der Waals surface area contributed by atoms with Gasteiger partial charge in [0.15, 0.2) is 5.71 Å².